The van der Waals surface area contributed by atoms with Crippen LogP contribution in [0.4, 0.5) is 11.5 Å². The van der Waals surface area contributed by atoms with Gasteiger partial charge >= 0.3 is 0 Å². The molecule has 0 spiro atoms. The zero-order valence-corrected chi connectivity index (χ0v) is 13.7. The zero-order valence-electron chi connectivity index (χ0n) is 13.7. The van der Waals surface area contributed by atoms with Gasteiger partial charge in [-0.1, -0.05) is 12.1 Å². The van der Waals surface area contributed by atoms with E-state index in [0.29, 0.717) is 17.9 Å². The highest BCUT2D eigenvalue weighted by atomic mass is 16.3. The average molecular weight is 338 g/mol. The molecule has 0 aliphatic rings. The third-order valence-corrected chi connectivity index (χ3v) is 3.85. The highest BCUT2D eigenvalue weighted by Gasteiger charge is 2.16. The Morgan fingerprint density at radius 3 is 2.80 bits per heavy atom. The van der Waals surface area contributed by atoms with Crippen molar-refractivity contribution in [3.05, 3.63) is 64.6 Å². The standard InChI is InChI=1S/C18H18N4O3/c1-22-15-6-4-5-14(19-9-10-23)12(15)11-13(18(22)25)17(24)21-16-7-2-3-8-20-16/h2-8,11,19,23H,9-10H2,1H3,(H,20,21,24). The molecule has 2 aromatic heterocycles. The summed E-state index contributed by atoms with van der Waals surface area (Å²) >= 11 is 0. The lowest BCUT2D eigenvalue weighted by molar-refractivity contribution is 0.102. The van der Waals surface area contributed by atoms with Gasteiger partial charge in [0, 0.05) is 30.9 Å². The Morgan fingerprint density at radius 2 is 2.08 bits per heavy atom. The van der Waals surface area contributed by atoms with Gasteiger partial charge in [0.2, 0.25) is 0 Å². The second-order valence-electron chi connectivity index (χ2n) is 5.48. The lowest BCUT2D eigenvalue weighted by Crippen LogP contribution is -2.28. The van der Waals surface area contributed by atoms with E-state index >= 15 is 0 Å². The van der Waals surface area contributed by atoms with E-state index in [9.17, 15) is 9.59 Å². The summed E-state index contributed by atoms with van der Waals surface area (Å²) < 4.78 is 1.44. The molecule has 25 heavy (non-hydrogen) atoms. The van der Waals surface area contributed by atoms with E-state index in [-0.39, 0.29) is 17.7 Å². The van der Waals surface area contributed by atoms with Crippen molar-refractivity contribution in [2.24, 2.45) is 7.05 Å². The van der Waals surface area contributed by atoms with Crippen molar-refractivity contribution < 1.29 is 9.90 Å². The molecule has 0 radical (unpaired) electrons. The molecular weight excluding hydrogens is 320 g/mol. The molecule has 0 aliphatic carbocycles. The van der Waals surface area contributed by atoms with Crippen LogP contribution in [0.15, 0.2) is 53.5 Å². The van der Waals surface area contributed by atoms with Crippen LogP contribution in [-0.4, -0.2) is 33.7 Å². The number of fused-ring (bicyclic) bond motifs is 1. The third-order valence-electron chi connectivity index (χ3n) is 3.85. The maximum atomic E-state index is 12.6. The molecule has 0 atom stereocenters. The van der Waals surface area contributed by atoms with Crippen molar-refractivity contribution in [2.45, 2.75) is 0 Å². The fourth-order valence-corrected chi connectivity index (χ4v) is 2.62. The monoisotopic (exact) mass is 338 g/mol. The molecule has 1 amide bonds. The first-order valence-corrected chi connectivity index (χ1v) is 7.81. The van der Waals surface area contributed by atoms with Crippen LogP contribution >= 0.6 is 0 Å². The number of aryl methyl sites for hydroxylation is 1. The van der Waals surface area contributed by atoms with Gasteiger partial charge in [-0.2, -0.15) is 0 Å². The molecule has 7 nitrogen and oxygen atoms in total. The Morgan fingerprint density at radius 1 is 1.24 bits per heavy atom. The topological polar surface area (TPSA) is 96.2 Å². The van der Waals surface area contributed by atoms with E-state index in [2.05, 4.69) is 15.6 Å². The van der Waals surface area contributed by atoms with Gasteiger partial charge in [-0.15, -0.1) is 0 Å². The number of aliphatic hydroxyl groups excluding tert-OH is 1. The van der Waals surface area contributed by atoms with Gasteiger partial charge < -0.3 is 20.3 Å². The summed E-state index contributed by atoms with van der Waals surface area (Å²) in [5.74, 6) is -0.139. The van der Waals surface area contributed by atoms with Gasteiger partial charge in [0.1, 0.15) is 11.4 Å². The average Bonchev–Trinajstić information content (AvgIpc) is 2.63. The second-order valence-corrected chi connectivity index (χ2v) is 5.48. The Balaban J connectivity index is 2.07. The van der Waals surface area contributed by atoms with Crippen LogP contribution in [0.3, 0.4) is 0 Å². The highest BCUT2D eigenvalue weighted by molar-refractivity contribution is 6.06. The summed E-state index contributed by atoms with van der Waals surface area (Å²) in [6.07, 6.45) is 1.56. The summed E-state index contributed by atoms with van der Waals surface area (Å²) in [5.41, 5.74) is 1.08. The second kappa shape index (κ2) is 7.14. The Kier molecular flexibility index (Phi) is 4.76. The predicted octanol–water partition coefficient (Wildman–Crippen LogP) is 1.59. The maximum absolute atomic E-state index is 12.6. The van der Waals surface area contributed by atoms with Crippen molar-refractivity contribution >= 4 is 28.3 Å². The number of pyridine rings is 2. The number of anilines is 2. The van der Waals surface area contributed by atoms with Gasteiger partial charge in [-0.25, -0.2) is 4.98 Å². The minimum Gasteiger partial charge on any atom is -0.395 e. The third kappa shape index (κ3) is 3.36. The Bertz CT molecular complexity index is 967. The quantitative estimate of drug-likeness (QED) is 0.656. The van der Waals surface area contributed by atoms with Crippen molar-refractivity contribution in [3.8, 4) is 0 Å². The fourth-order valence-electron chi connectivity index (χ4n) is 2.62. The van der Waals surface area contributed by atoms with Crippen molar-refractivity contribution in [3.63, 3.8) is 0 Å². The maximum Gasteiger partial charge on any atom is 0.263 e. The van der Waals surface area contributed by atoms with Crippen LogP contribution in [0.5, 0.6) is 0 Å². The summed E-state index contributed by atoms with van der Waals surface area (Å²) in [4.78, 5) is 29.1. The molecule has 0 aliphatic heterocycles. The molecule has 0 fully saturated rings. The van der Waals surface area contributed by atoms with Crippen LogP contribution in [0, 0.1) is 0 Å². The van der Waals surface area contributed by atoms with Gasteiger partial charge in [0.05, 0.1) is 12.1 Å². The van der Waals surface area contributed by atoms with E-state index in [4.69, 9.17) is 5.11 Å². The summed E-state index contributed by atoms with van der Waals surface area (Å²) in [7, 11) is 1.62. The first kappa shape index (κ1) is 16.7. The SMILES string of the molecule is Cn1c(=O)c(C(=O)Nc2ccccn2)cc2c(NCCO)cccc21. The molecule has 3 aromatic rings. The number of nitrogens with zero attached hydrogens (tertiary/aromatic N) is 2. The number of aliphatic hydroxyl groups is 1. The lowest BCUT2D eigenvalue weighted by Gasteiger charge is -2.13. The van der Waals surface area contributed by atoms with Gasteiger partial charge in [0.25, 0.3) is 11.5 Å². The van der Waals surface area contributed by atoms with Crippen molar-refractivity contribution in [1.29, 1.82) is 0 Å². The highest BCUT2D eigenvalue weighted by Crippen LogP contribution is 2.23. The molecule has 3 rings (SSSR count). The van der Waals surface area contributed by atoms with Crippen molar-refractivity contribution in [2.75, 3.05) is 23.8 Å². The largest absolute Gasteiger partial charge is 0.395 e. The number of nitrogens with one attached hydrogen (secondary N) is 2. The van der Waals surface area contributed by atoms with E-state index in [1.54, 1.807) is 43.6 Å². The molecule has 0 bridgehead atoms. The Hall–Kier alpha value is -3.19. The number of aromatic nitrogens is 2. The van der Waals surface area contributed by atoms with E-state index < -0.39 is 5.91 Å². The molecule has 1 aromatic carbocycles. The number of benzene rings is 1. The smallest absolute Gasteiger partial charge is 0.263 e. The van der Waals surface area contributed by atoms with Gasteiger partial charge in [-0.05, 0) is 30.3 Å². The normalized spacial score (nSPS) is 10.6. The van der Waals surface area contributed by atoms with Crippen LogP contribution in [0.25, 0.3) is 10.9 Å². The summed E-state index contributed by atoms with van der Waals surface area (Å²) in [6, 6.07) is 12.2. The number of carbonyl (C=O) groups excluding carboxylic acids is 1. The fraction of sp³-hybridized carbons (Fsp3) is 0.167. The zero-order chi connectivity index (χ0) is 17.8. The lowest BCUT2D eigenvalue weighted by atomic mass is 10.1. The molecular formula is C18H18N4O3. The predicted molar refractivity (Wildman–Crippen MR) is 97.0 cm³/mol. The van der Waals surface area contributed by atoms with Crippen LogP contribution in [0.1, 0.15) is 10.4 Å². The van der Waals surface area contributed by atoms with Crippen LogP contribution in [0.2, 0.25) is 0 Å². The van der Waals surface area contributed by atoms with E-state index in [0.717, 1.165) is 11.1 Å². The molecule has 7 heteroatoms. The first-order valence-electron chi connectivity index (χ1n) is 7.81. The molecule has 3 N–H and O–H groups in total. The van der Waals surface area contributed by atoms with Gasteiger partial charge in [0.15, 0.2) is 0 Å². The van der Waals surface area contributed by atoms with E-state index in [1.807, 2.05) is 12.1 Å². The molecule has 128 valence electrons. The number of rotatable bonds is 5. The van der Waals surface area contributed by atoms with Crippen molar-refractivity contribution in [1.82, 2.24) is 9.55 Å². The molecule has 0 saturated heterocycles. The minimum atomic E-state index is -0.516. The molecule has 0 saturated carbocycles. The number of hydrogen-bond acceptors (Lipinski definition) is 5. The van der Waals surface area contributed by atoms with Crippen LogP contribution in [-0.2, 0) is 7.05 Å². The minimum absolute atomic E-state index is 0.0187. The summed E-state index contributed by atoms with van der Waals surface area (Å²) in [6.45, 7) is 0.354. The summed E-state index contributed by atoms with van der Waals surface area (Å²) in [5, 5.41) is 15.5. The number of hydrogen-bond donors (Lipinski definition) is 3. The van der Waals surface area contributed by atoms with Gasteiger partial charge in [-0.3, -0.25) is 9.59 Å². The van der Waals surface area contributed by atoms with Crippen LogP contribution < -0.4 is 16.2 Å². The number of carbonyl (C=O) groups is 1. The first-order chi connectivity index (χ1) is 12.1. The Labute approximate surface area is 143 Å². The molecule has 2 heterocycles. The van der Waals surface area contributed by atoms with E-state index in [1.165, 1.54) is 4.57 Å². The molecule has 0 unspecified atom stereocenters. The number of amides is 1.